The Morgan fingerprint density at radius 3 is 1.74 bits per heavy atom. The van der Waals surface area contributed by atoms with Gasteiger partial charge in [0.05, 0.1) is 22.9 Å². The maximum Gasteiger partial charge on any atom is 1.00 e. The fourth-order valence-corrected chi connectivity index (χ4v) is 1.72. The molecule has 0 bridgehead atoms. The standard InChI is InChI=1S/C8H5NO2.C2H4N4S.K.H/c10-7-5-3-1-2-4-6(5)8(11)9-7;3-1-2(4)6-7-5-1;;/h1-4H,(H,9,10,11);(H2,3,5)(H2,4,6);;/q;;+1;-1. The van der Waals surface area contributed by atoms with E-state index in [1.807, 2.05) is 0 Å². The summed E-state index contributed by atoms with van der Waals surface area (Å²) in [5.74, 6) is 0.0474. The van der Waals surface area contributed by atoms with Crippen LogP contribution in [0.2, 0.25) is 0 Å². The summed E-state index contributed by atoms with van der Waals surface area (Å²) in [7, 11) is 0. The van der Waals surface area contributed by atoms with Crippen LogP contribution in [0.15, 0.2) is 24.3 Å². The average molecular weight is 303 g/mol. The number of rotatable bonds is 0. The van der Waals surface area contributed by atoms with Gasteiger partial charge in [-0.25, -0.2) is 0 Å². The summed E-state index contributed by atoms with van der Waals surface area (Å²) < 4.78 is 7.20. The van der Waals surface area contributed by atoms with Crippen molar-refractivity contribution in [1.29, 1.82) is 0 Å². The molecule has 0 spiro atoms. The largest absolute Gasteiger partial charge is 1.00 e. The molecule has 0 fully saturated rings. The monoisotopic (exact) mass is 303 g/mol. The Hall–Kier alpha value is -0.844. The number of nitrogens with one attached hydrogen (secondary N) is 1. The van der Waals surface area contributed by atoms with Crippen molar-refractivity contribution in [3.05, 3.63) is 35.4 Å². The van der Waals surface area contributed by atoms with Gasteiger partial charge in [0.2, 0.25) is 0 Å². The van der Waals surface area contributed by atoms with E-state index in [1.165, 1.54) is 0 Å². The topological polar surface area (TPSA) is 124 Å². The van der Waals surface area contributed by atoms with E-state index in [2.05, 4.69) is 14.1 Å². The molecule has 5 N–H and O–H groups in total. The Morgan fingerprint density at radius 2 is 1.42 bits per heavy atom. The normalized spacial score (nSPS) is 11.8. The molecule has 1 aromatic carbocycles. The van der Waals surface area contributed by atoms with E-state index < -0.39 is 0 Å². The zero-order valence-corrected chi connectivity index (χ0v) is 14.0. The van der Waals surface area contributed by atoms with Crippen molar-refractivity contribution in [2.24, 2.45) is 0 Å². The van der Waals surface area contributed by atoms with Crippen molar-refractivity contribution in [3.63, 3.8) is 0 Å². The summed E-state index contributed by atoms with van der Waals surface area (Å²) in [4.78, 5) is 21.9. The number of hydrogen-bond donors (Lipinski definition) is 3. The third kappa shape index (κ3) is 3.81. The van der Waals surface area contributed by atoms with Crippen LogP contribution in [0, 0.1) is 0 Å². The van der Waals surface area contributed by atoms with Gasteiger partial charge >= 0.3 is 51.4 Å². The molecule has 19 heavy (non-hydrogen) atoms. The van der Waals surface area contributed by atoms with Crippen molar-refractivity contribution in [3.8, 4) is 0 Å². The number of fused-ring (bicyclic) bond motifs is 1. The van der Waals surface area contributed by atoms with Crippen molar-refractivity contribution < 1.29 is 62.4 Å². The van der Waals surface area contributed by atoms with Gasteiger partial charge in [0.15, 0.2) is 11.6 Å². The first-order chi connectivity index (χ1) is 8.59. The Bertz CT molecular complexity index is 572. The molecule has 9 heteroatoms. The molecule has 2 heterocycles. The SMILES string of the molecule is Nc1nsnc1N.O=C1NC(=O)c2ccccc21.[H-].[K+]. The van der Waals surface area contributed by atoms with Gasteiger partial charge < -0.3 is 12.9 Å². The number of amides is 2. The molecule has 94 valence electrons. The van der Waals surface area contributed by atoms with Gasteiger partial charge in [0.1, 0.15) is 0 Å². The fraction of sp³-hybridized carbons (Fsp3) is 0. The quantitative estimate of drug-likeness (QED) is 0.362. The van der Waals surface area contributed by atoms with Crippen LogP contribution in [-0.4, -0.2) is 20.6 Å². The van der Waals surface area contributed by atoms with Gasteiger partial charge in [-0.1, -0.05) is 12.1 Å². The van der Waals surface area contributed by atoms with Gasteiger partial charge in [-0.05, 0) is 12.1 Å². The first kappa shape index (κ1) is 16.2. The van der Waals surface area contributed by atoms with Crippen LogP contribution in [0.25, 0.3) is 0 Å². The Morgan fingerprint density at radius 1 is 1.00 bits per heavy atom. The van der Waals surface area contributed by atoms with E-state index in [9.17, 15) is 9.59 Å². The number of nitrogens with zero attached hydrogens (tertiary/aromatic N) is 2. The predicted octanol–water partition coefficient (Wildman–Crippen LogP) is -2.61. The summed E-state index contributed by atoms with van der Waals surface area (Å²) >= 11 is 1.02. The van der Waals surface area contributed by atoms with Crippen LogP contribution in [0.1, 0.15) is 22.1 Å². The molecule has 3 rings (SSSR count). The second kappa shape index (κ2) is 7.08. The minimum Gasteiger partial charge on any atom is -1.00 e. The smallest absolute Gasteiger partial charge is 1.00 e. The molecule has 0 radical (unpaired) electrons. The van der Waals surface area contributed by atoms with Gasteiger partial charge in [-0.3, -0.25) is 14.9 Å². The minimum atomic E-state index is -0.300. The van der Waals surface area contributed by atoms with Crippen molar-refractivity contribution in [1.82, 2.24) is 14.1 Å². The molecule has 1 aliphatic rings. The number of carbonyl (C=O) groups excluding carboxylic acids is 2. The molecule has 1 aliphatic heterocycles. The summed E-state index contributed by atoms with van der Waals surface area (Å²) in [5.41, 5.74) is 11.2. The number of nitrogen functional groups attached to an aromatic ring is 2. The molecule has 2 amide bonds. The summed E-state index contributed by atoms with van der Waals surface area (Å²) in [5, 5.41) is 2.20. The molecule has 0 saturated heterocycles. The fourth-order valence-electron chi connectivity index (χ4n) is 1.32. The van der Waals surface area contributed by atoms with Crippen LogP contribution in [-0.2, 0) is 0 Å². The number of aromatic nitrogens is 2. The molecular weight excluding hydrogens is 293 g/mol. The first-order valence-corrected chi connectivity index (χ1v) is 5.61. The van der Waals surface area contributed by atoms with Gasteiger partial charge in [-0.15, -0.1) is 0 Å². The van der Waals surface area contributed by atoms with Crippen LogP contribution < -0.4 is 68.2 Å². The van der Waals surface area contributed by atoms with Crippen LogP contribution in [0.3, 0.4) is 0 Å². The zero-order chi connectivity index (χ0) is 13.1. The maximum atomic E-state index is 10.9. The van der Waals surface area contributed by atoms with Crippen LogP contribution in [0.5, 0.6) is 0 Å². The second-order valence-corrected chi connectivity index (χ2v) is 3.89. The van der Waals surface area contributed by atoms with Gasteiger partial charge in [0.25, 0.3) is 11.8 Å². The third-order valence-corrected chi connectivity index (χ3v) is 2.74. The summed E-state index contributed by atoms with van der Waals surface area (Å²) in [6.07, 6.45) is 0. The summed E-state index contributed by atoms with van der Waals surface area (Å²) in [6, 6.07) is 6.74. The van der Waals surface area contributed by atoms with Crippen LogP contribution in [0.4, 0.5) is 11.6 Å². The number of carbonyl (C=O) groups is 2. The van der Waals surface area contributed by atoms with Gasteiger partial charge in [-0.2, -0.15) is 8.75 Å². The Labute approximate surface area is 157 Å². The number of imide groups is 1. The Kier molecular flexibility index (Phi) is 6.04. The van der Waals surface area contributed by atoms with Crippen molar-refractivity contribution >= 4 is 35.2 Å². The zero-order valence-electron chi connectivity index (χ0n) is 11.1. The van der Waals surface area contributed by atoms with E-state index >= 15 is 0 Å². The molecule has 0 unspecified atom stereocenters. The van der Waals surface area contributed by atoms with Crippen LogP contribution >= 0.6 is 11.7 Å². The molecular formula is C10H10KN5O2S. The van der Waals surface area contributed by atoms with Crippen molar-refractivity contribution in [2.45, 2.75) is 0 Å². The number of anilines is 2. The minimum absolute atomic E-state index is 0. The number of benzene rings is 1. The van der Waals surface area contributed by atoms with Crippen molar-refractivity contribution in [2.75, 3.05) is 11.5 Å². The van der Waals surface area contributed by atoms with E-state index in [0.717, 1.165) is 11.7 Å². The first-order valence-electron chi connectivity index (χ1n) is 4.88. The molecule has 0 saturated carbocycles. The average Bonchev–Trinajstić information content (AvgIpc) is 2.87. The molecule has 2 aromatic rings. The van der Waals surface area contributed by atoms with E-state index in [4.69, 9.17) is 11.5 Å². The number of hydrogen-bond acceptors (Lipinski definition) is 7. The molecule has 7 nitrogen and oxygen atoms in total. The van der Waals surface area contributed by atoms with E-state index in [-0.39, 0.29) is 64.6 Å². The van der Waals surface area contributed by atoms with E-state index in [1.54, 1.807) is 24.3 Å². The molecule has 0 aliphatic carbocycles. The van der Waals surface area contributed by atoms with Gasteiger partial charge in [0, 0.05) is 0 Å². The molecule has 1 aromatic heterocycles. The maximum absolute atomic E-state index is 10.9. The third-order valence-electron chi connectivity index (χ3n) is 2.18. The Balaban J connectivity index is 0.000000356. The molecule has 0 atom stereocenters. The predicted molar refractivity (Wildman–Crippen MR) is 68.1 cm³/mol. The van der Waals surface area contributed by atoms with E-state index in [0.29, 0.717) is 22.8 Å². The summed E-state index contributed by atoms with van der Waals surface area (Å²) in [6.45, 7) is 0. The second-order valence-electron chi connectivity index (χ2n) is 3.36. The number of nitrogens with two attached hydrogens (primary N) is 2.